The third-order valence-corrected chi connectivity index (χ3v) is 4.20. The van der Waals surface area contributed by atoms with E-state index in [0.717, 1.165) is 0 Å². The average molecular weight is 429 g/mol. The zero-order chi connectivity index (χ0) is 22.4. The Morgan fingerprint density at radius 3 is 2.29 bits per heavy atom. The van der Waals surface area contributed by atoms with Crippen molar-refractivity contribution in [2.75, 3.05) is 25.1 Å². The van der Waals surface area contributed by atoms with Crippen molar-refractivity contribution in [1.29, 1.82) is 0 Å². The summed E-state index contributed by atoms with van der Waals surface area (Å²) in [7, 11) is 0. The molecule has 0 atom stereocenters. The molecule has 3 aromatic rings. The molecule has 0 bridgehead atoms. The van der Waals surface area contributed by atoms with Crippen molar-refractivity contribution in [1.82, 2.24) is 20.0 Å². The third-order valence-electron chi connectivity index (χ3n) is 4.20. The van der Waals surface area contributed by atoms with Crippen LogP contribution in [0.2, 0.25) is 0 Å². The normalized spacial score (nSPS) is 10.9. The smallest absolute Gasteiger partial charge is 0.322 e. The Labute approximate surface area is 180 Å². The molecule has 0 aliphatic rings. The molecular formula is C21H27N5O5. The highest BCUT2D eigenvalue weighted by Crippen LogP contribution is 2.39. The second-order valence-corrected chi connectivity index (χ2v) is 6.72. The second-order valence-electron chi connectivity index (χ2n) is 6.72. The molecule has 166 valence electrons. The number of nitrogens with one attached hydrogen (secondary N) is 1. The molecule has 1 N–H and O–H groups in total. The zero-order valence-corrected chi connectivity index (χ0v) is 18.3. The predicted molar refractivity (Wildman–Crippen MR) is 114 cm³/mol. The highest BCUT2D eigenvalue weighted by atomic mass is 16.5. The fourth-order valence-electron chi connectivity index (χ4n) is 2.96. The van der Waals surface area contributed by atoms with Gasteiger partial charge in [-0.25, -0.2) is 0 Å². The van der Waals surface area contributed by atoms with E-state index in [4.69, 9.17) is 18.6 Å². The third kappa shape index (κ3) is 4.96. The standard InChI is InChI=1S/C21H27N5O5/c1-6-28-16-11-14(12-17(29-7-2)18(16)30-8-3)19(27)23-21-25-24-20(31-21)15-9-10-22-26(15)13(4)5/h9-13H,6-8H2,1-5H3,(H,23,25,27). The molecule has 0 aliphatic carbocycles. The van der Waals surface area contributed by atoms with E-state index >= 15 is 0 Å². The molecule has 0 fully saturated rings. The largest absolute Gasteiger partial charge is 0.490 e. The van der Waals surface area contributed by atoms with Crippen LogP contribution in [-0.4, -0.2) is 45.7 Å². The Hall–Kier alpha value is -3.56. The summed E-state index contributed by atoms with van der Waals surface area (Å²) in [4.78, 5) is 12.9. The zero-order valence-electron chi connectivity index (χ0n) is 18.3. The van der Waals surface area contributed by atoms with Crippen molar-refractivity contribution in [3.05, 3.63) is 30.0 Å². The van der Waals surface area contributed by atoms with E-state index in [0.29, 0.717) is 48.3 Å². The van der Waals surface area contributed by atoms with Crippen molar-refractivity contribution < 1.29 is 23.4 Å². The van der Waals surface area contributed by atoms with E-state index in [2.05, 4.69) is 20.6 Å². The molecule has 10 heteroatoms. The molecule has 2 heterocycles. The van der Waals surface area contributed by atoms with E-state index < -0.39 is 5.91 Å². The Kier molecular flexibility index (Phi) is 7.11. The SMILES string of the molecule is CCOc1cc(C(=O)Nc2nnc(-c3ccnn3C(C)C)o2)cc(OCC)c1OCC. The lowest BCUT2D eigenvalue weighted by molar-refractivity contribution is 0.102. The fraction of sp³-hybridized carbons (Fsp3) is 0.429. The van der Waals surface area contributed by atoms with Crippen LogP contribution in [-0.2, 0) is 0 Å². The van der Waals surface area contributed by atoms with Gasteiger partial charge < -0.3 is 18.6 Å². The van der Waals surface area contributed by atoms with Gasteiger partial charge in [-0.05, 0) is 52.8 Å². The summed E-state index contributed by atoms with van der Waals surface area (Å²) in [6.45, 7) is 10.8. The number of benzene rings is 1. The van der Waals surface area contributed by atoms with E-state index in [1.54, 1.807) is 29.1 Å². The number of hydrogen-bond acceptors (Lipinski definition) is 8. The van der Waals surface area contributed by atoms with Gasteiger partial charge in [0.25, 0.3) is 11.8 Å². The first-order valence-corrected chi connectivity index (χ1v) is 10.2. The van der Waals surface area contributed by atoms with Crippen LogP contribution in [0.4, 0.5) is 6.01 Å². The Bertz CT molecular complexity index is 1000. The van der Waals surface area contributed by atoms with Gasteiger partial charge in [-0.2, -0.15) is 5.10 Å². The quantitative estimate of drug-likeness (QED) is 0.515. The van der Waals surface area contributed by atoms with Gasteiger partial charge in [0, 0.05) is 17.8 Å². The first-order valence-electron chi connectivity index (χ1n) is 10.2. The molecule has 0 spiro atoms. The summed E-state index contributed by atoms with van der Waals surface area (Å²) in [6.07, 6.45) is 1.65. The molecule has 3 rings (SSSR count). The maximum atomic E-state index is 12.9. The highest BCUT2D eigenvalue weighted by molar-refractivity contribution is 6.04. The van der Waals surface area contributed by atoms with Crippen molar-refractivity contribution in [3.63, 3.8) is 0 Å². The maximum absolute atomic E-state index is 12.9. The summed E-state index contributed by atoms with van der Waals surface area (Å²) in [6, 6.07) is 5.05. The van der Waals surface area contributed by atoms with Crippen LogP contribution in [0.15, 0.2) is 28.8 Å². The number of anilines is 1. The van der Waals surface area contributed by atoms with Gasteiger partial charge in [0.1, 0.15) is 5.69 Å². The van der Waals surface area contributed by atoms with Gasteiger partial charge in [-0.15, -0.1) is 5.10 Å². The maximum Gasteiger partial charge on any atom is 0.322 e. The first-order chi connectivity index (χ1) is 15.0. The molecule has 0 saturated heterocycles. The monoisotopic (exact) mass is 429 g/mol. The predicted octanol–water partition coefficient (Wildman–Crippen LogP) is 3.96. The average Bonchev–Trinajstić information content (AvgIpc) is 3.39. The molecule has 0 aliphatic heterocycles. The number of carbonyl (C=O) groups is 1. The molecule has 1 amide bonds. The molecule has 31 heavy (non-hydrogen) atoms. The first kappa shape index (κ1) is 22.1. The lowest BCUT2D eigenvalue weighted by atomic mass is 10.1. The summed E-state index contributed by atoms with van der Waals surface area (Å²) >= 11 is 0. The summed E-state index contributed by atoms with van der Waals surface area (Å²) in [5, 5.41) is 14.8. The van der Waals surface area contributed by atoms with Gasteiger partial charge >= 0.3 is 6.01 Å². The lowest BCUT2D eigenvalue weighted by Gasteiger charge is -2.16. The van der Waals surface area contributed by atoms with Crippen LogP contribution in [0.3, 0.4) is 0 Å². The molecular weight excluding hydrogens is 402 g/mol. The number of nitrogens with zero attached hydrogens (tertiary/aromatic N) is 4. The van der Waals surface area contributed by atoms with Gasteiger partial charge in [0.05, 0.1) is 19.8 Å². The molecule has 10 nitrogen and oxygen atoms in total. The summed E-state index contributed by atoms with van der Waals surface area (Å²) in [5.74, 6) is 1.13. The van der Waals surface area contributed by atoms with Crippen LogP contribution in [0.25, 0.3) is 11.6 Å². The van der Waals surface area contributed by atoms with Gasteiger partial charge in [-0.1, -0.05) is 5.10 Å². The highest BCUT2D eigenvalue weighted by Gasteiger charge is 2.21. The molecule has 1 aromatic carbocycles. The van der Waals surface area contributed by atoms with Crippen LogP contribution in [0.5, 0.6) is 17.2 Å². The van der Waals surface area contributed by atoms with Gasteiger partial charge in [0.2, 0.25) is 5.75 Å². The molecule has 0 radical (unpaired) electrons. The second kappa shape index (κ2) is 9.96. The molecule has 0 saturated carbocycles. The Morgan fingerprint density at radius 1 is 1.06 bits per heavy atom. The van der Waals surface area contributed by atoms with Crippen LogP contribution >= 0.6 is 0 Å². The minimum Gasteiger partial charge on any atom is -0.490 e. The minimum atomic E-state index is -0.447. The van der Waals surface area contributed by atoms with E-state index in [1.807, 2.05) is 34.6 Å². The number of ether oxygens (including phenoxy) is 3. The van der Waals surface area contributed by atoms with Crippen molar-refractivity contribution in [2.24, 2.45) is 0 Å². The number of rotatable bonds is 10. The van der Waals surface area contributed by atoms with E-state index in [-0.39, 0.29) is 17.9 Å². The molecule has 2 aromatic heterocycles. The van der Waals surface area contributed by atoms with Gasteiger partial charge in [0.15, 0.2) is 11.5 Å². The topological polar surface area (TPSA) is 114 Å². The van der Waals surface area contributed by atoms with Crippen molar-refractivity contribution in [3.8, 4) is 28.8 Å². The van der Waals surface area contributed by atoms with Crippen LogP contribution in [0.1, 0.15) is 51.0 Å². The summed E-state index contributed by atoms with van der Waals surface area (Å²) in [5.41, 5.74) is 0.976. The number of hydrogen-bond donors (Lipinski definition) is 1. The Morgan fingerprint density at radius 2 is 1.71 bits per heavy atom. The van der Waals surface area contributed by atoms with Crippen molar-refractivity contribution in [2.45, 2.75) is 40.7 Å². The van der Waals surface area contributed by atoms with Gasteiger partial charge in [-0.3, -0.25) is 14.8 Å². The summed E-state index contributed by atoms with van der Waals surface area (Å²) < 4.78 is 24.4. The number of aromatic nitrogens is 4. The van der Waals surface area contributed by atoms with E-state index in [1.165, 1.54) is 0 Å². The van der Waals surface area contributed by atoms with Crippen LogP contribution < -0.4 is 19.5 Å². The number of carbonyl (C=O) groups excluding carboxylic acids is 1. The molecule has 0 unspecified atom stereocenters. The minimum absolute atomic E-state index is 0.0266. The Balaban J connectivity index is 1.86. The van der Waals surface area contributed by atoms with E-state index in [9.17, 15) is 4.79 Å². The lowest BCUT2D eigenvalue weighted by Crippen LogP contribution is -2.13. The number of amides is 1. The van der Waals surface area contributed by atoms with Crippen LogP contribution in [0, 0.1) is 0 Å². The fourth-order valence-corrected chi connectivity index (χ4v) is 2.96. The van der Waals surface area contributed by atoms with Crippen molar-refractivity contribution >= 4 is 11.9 Å².